The fourth-order valence-corrected chi connectivity index (χ4v) is 17.2. The molecule has 1 nitrogen and oxygen atoms in total. The fourth-order valence-electron chi connectivity index (χ4n) is 17.2. The standard InChI is InChI=1S/C52H87N/c1-5-17-39(18-6-1)50(40-19-7-2-8-20-40)37-38-29-31-41(32-30-38)51-46-25-13-15-27-48(46)52(49-28-16-14-26-47(49)51)42-33-35-45(36-34-42)53(43-21-9-3-10-22-43)44-23-11-4-12-24-44/h37-49,51-52H,1-36H2. The highest BCUT2D eigenvalue weighted by atomic mass is 15.2. The maximum atomic E-state index is 3.26. The van der Waals surface area contributed by atoms with Crippen LogP contribution in [0.4, 0.5) is 0 Å². The number of hydrogen-bond acceptors (Lipinski definition) is 1. The van der Waals surface area contributed by atoms with Crippen LogP contribution in [-0.2, 0) is 0 Å². The molecule has 0 N–H and O–H groups in total. The minimum absolute atomic E-state index is 0.919. The van der Waals surface area contributed by atoms with Crippen LogP contribution >= 0.6 is 0 Å². The van der Waals surface area contributed by atoms with Gasteiger partial charge in [-0.25, -0.2) is 0 Å². The Labute approximate surface area is 329 Å². The van der Waals surface area contributed by atoms with Crippen LogP contribution in [0.5, 0.6) is 0 Å². The largest absolute Gasteiger partial charge is 0.294 e. The molecule has 9 aliphatic carbocycles. The van der Waals surface area contributed by atoms with Gasteiger partial charge < -0.3 is 0 Å². The van der Waals surface area contributed by atoms with Gasteiger partial charge in [0.05, 0.1) is 0 Å². The lowest BCUT2D eigenvalue weighted by atomic mass is 9.45. The van der Waals surface area contributed by atoms with Crippen molar-refractivity contribution in [3.8, 4) is 0 Å². The van der Waals surface area contributed by atoms with Crippen molar-refractivity contribution in [1.82, 2.24) is 4.90 Å². The number of nitrogens with zero attached hydrogens (tertiary/aromatic N) is 1. The van der Waals surface area contributed by atoms with Crippen LogP contribution < -0.4 is 0 Å². The van der Waals surface area contributed by atoms with E-state index in [1.54, 1.807) is 103 Å². The molecule has 0 amide bonds. The first-order valence-corrected chi connectivity index (χ1v) is 25.8. The van der Waals surface area contributed by atoms with E-state index in [-0.39, 0.29) is 0 Å². The Hall–Kier alpha value is -0.300. The van der Waals surface area contributed by atoms with Crippen LogP contribution in [0.3, 0.4) is 0 Å². The first-order valence-electron chi connectivity index (χ1n) is 25.8. The summed E-state index contributed by atoms with van der Waals surface area (Å²) in [4.78, 5) is 3.26. The molecule has 0 spiro atoms. The molecule has 0 aromatic rings. The molecule has 9 aliphatic rings. The number of rotatable bonds is 8. The van der Waals surface area contributed by atoms with Crippen molar-refractivity contribution >= 4 is 0 Å². The van der Waals surface area contributed by atoms with Gasteiger partial charge in [0.25, 0.3) is 0 Å². The molecular weight excluding hydrogens is 639 g/mol. The molecule has 0 aromatic carbocycles. The first kappa shape index (κ1) is 38.2. The zero-order valence-corrected chi connectivity index (χ0v) is 35.1. The Morgan fingerprint density at radius 3 is 1.02 bits per heavy atom. The van der Waals surface area contributed by atoms with Gasteiger partial charge in [0, 0.05) is 18.1 Å². The molecule has 9 fully saturated rings. The number of allylic oxidation sites excluding steroid dienone is 2. The van der Waals surface area contributed by atoms with Gasteiger partial charge in [0.15, 0.2) is 0 Å². The van der Waals surface area contributed by atoms with E-state index < -0.39 is 0 Å². The summed E-state index contributed by atoms with van der Waals surface area (Å²) in [7, 11) is 0. The van der Waals surface area contributed by atoms with Gasteiger partial charge in [-0.15, -0.1) is 0 Å². The lowest BCUT2D eigenvalue weighted by Gasteiger charge is -2.60. The van der Waals surface area contributed by atoms with E-state index in [2.05, 4.69) is 11.0 Å². The van der Waals surface area contributed by atoms with Gasteiger partial charge in [-0.3, -0.25) is 4.90 Å². The average molecular weight is 726 g/mol. The van der Waals surface area contributed by atoms with Crippen LogP contribution in [-0.4, -0.2) is 23.0 Å². The third-order valence-corrected chi connectivity index (χ3v) is 19.4. The predicted molar refractivity (Wildman–Crippen MR) is 226 cm³/mol. The second-order valence-corrected chi connectivity index (χ2v) is 22.0. The molecule has 0 bridgehead atoms. The second-order valence-electron chi connectivity index (χ2n) is 22.0. The highest BCUT2D eigenvalue weighted by Crippen LogP contribution is 2.62. The van der Waals surface area contributed by atoms with E-state index in [9.17, 15) is 0 Å². The van der Waals surface area contributed by atoms with Crippen molar-refractivity contribution in [2.24, 2.45) is 65.1 Å². The second kappa shape index (κ2) is 18.5. The lowest BCUT2D eigenvalue weighted by molar-refractivity contribution is -0.116. The van der Waals surface area contributed by atoms with Crippen LogP contribution in [0, 0.1) is 65.1 Å². The zero-order valence-electron chi connectivity index (χ0n) is 35.1. The molecule has 4 atom stereocenters. The van der Waals surface area contributed by atoms with E-state index in [0.717, 1.165) is 83.2 Å². The van der Waals surface area contributed by atoms with Crippen molar-refractivity contribution in [3.05, 3.63) is 11.6 Å². The molecule has 9 rings (SSSR count). The van der Waals surface area contributed by atoms with Crippen molar-refractivity contribution in [2.75, 3.05) is 0 Å². The third kappa shape index (κ3) is 8.62. The minimum atomic E-state index is 0.919. The molecular formula is C52H87N. The Morgan fingerprint density at radius 2 is 0.623 bits per heavy atom. The molecule has 1 heteroatoms. The van der Waals surface area contributed by atoms with Gasteiger partial charge in [-0.05, 0) is 194 Å². The average Bonchev–Trinajstić information content (AvgIpc) is 3.24. The molecule has 4 unspecified atom stereocenters. The Kier molecular flexibility index (Phi) is 13.4. The number of hydrogen-bond donors (Lipinski definition) is 0. The Balaban J connectivity index is 0.883. The minimum Gasteiger partial charge on any atom is -0.294 e. The molecule has 0 heterocycles. The Morgan fingerprint density at radius 1 is 0.302 bits per heavy atom. The van der Waals surface area contributed by atoms with Crippen molar-refractivity contribution in [3.63, 3.8) is 0 Å². The first-order chi connectivity index (χ1) is 26.3. The monoisotopic (exact) mass is 726 g/mol. The summed E-state index contributed by atoms with van der Waals surface area (Å²) in [5.41, 5.74) is 2.02. The summed E-state index contributed by atoms with van der Waals surface area (Å²) in [6.45, 7) is 0. The van der Waals surface area contributed by atoms with Gasteiger partial charge in [0.1, 0.15) is 0 Å². The molecule has 300 valence electrons. The highest BCUT2D eigenvalue weighted by Gasteiger charge is 2.55. The normalized spacial score (nSPS) is 41.8. The maximum absolute atomic E-state index is 3.26. The summed E-state index contributed by atoms with van der Waals surface area (Å²) < 4.78 is 0. The summed E-state index contributed by atoms with van der Waals surface area (Å²) in [6.07, 6.45) is 58.7. The van der Waals surface area contributed by atoms with Crippen LogP contribution in [0.25, 0.3) is 0 Å². The molecule has 53 heavy (non-hydrogen) atoms. The summed E-state index contributed by atoms with van der Waals surface area (Å²) >= 11 is 0. The van der Waals surface area contributed by atoms with Gasteiger partial charge >= 0.3 is 0 Å². The lowest BCUT2D eigenvalue weighted by Crippen LogP contribution is -2.55. The van der Waals surface area contributed by atoms with Crippen LogP contribution in [0.1, 0.15) is 231 Å². The van der Waals surface area contributed by atoms with Crippen LogP contribution in [0.2, 0.25) is 0 Å². The third-order valence-electron chi connectivity index (χ3n) is 19.4. The maximum Gasteiger partial charge on any atom is 0.0101 e. The predicted octanol–water partition coefficient (Wildman–Crippen LogP) is 15.3. The van der Waals surface area contributed by atoms with E-state index in [1.165, 1.54) is 128 Å². The zero-order chi connectivity index (χ0) is 35.4. The van der Waals surface area contributed by atoms with Crippen molar-refractivity contribution in [2.45, 2.75) is 249 Å². The smallest absolute Gasteiger partial charge is 0.0101 e. The molecule has 0 aromatic heterocycles. The van der Waals surface area contributed by atoms with Crippen molar-refractivity contribution in [1.29, 1.82) is 0 Å². The summed E-state index contributed by atoms with van der Waals surface area (Å²) in [5, 5.41) is 0. The van der Waals surface area contributed by atoms with Crippen molar-refractivity contribution < 1.29 is 0 Å². The van der Waals surface area contributed by atoms with Gasteiger partial charge in [0.2, 0.25) is 0 Å². The molecule has 0 saturated heterocycles. The topological polar surface area (TPSA) is 3.24 Å². The van der Waals surface area contributed by atoms with Gasteiger partial charge in [-0.1, -0.05) is 114 Å². The fraction of sp³-hybridized carbons (Fsp3) is 0.962. The van der Waals surface area contributed by atoms with E-state index in [1.807, 2.05) is 5.57 Å². The quantitative estimate of drug-likeness (QED) is 0.225. The summed E-state index contributed by atoms with van der Waals surface area (Å²) in [5.74, 6) is 11.6. The van der Waals surface area contributed by atoms with E-state index in [0.29, 0.717) is 0 Å². The van der Waals surface area contributed by atoms with E-state index in [4.69, 9.17) is 0 Å². The molecule has 0 radical (unpaired) electrons. The van der Waals surface area contributed by atoms with E-state index >= 15 is 0 Å². The Bertz CT molecular complexity index is 1050. The highest BCUT2D eigenvalue weighted by molar-refractivity contribution is 5.15. The molecule has 0 aliphatic heterocycles. The number of fused-ring (bicyclic) bond motifs is 2. The molecule has 9 saturated carbocycles. The SMILES string of the molecule is C(=C(C1CCCCC1)C1CCCCC1)C1CCC(C2C3CCCCC3C(C3CCC(N(C4CCCCC4)C4CCCCC4)CC3)C3CCCCC32)CC1. The summed E-state index contributed by atoms with van der Waals surface area (Å²) in [6, 6.07) is 2.80. The van der Waals surface area contributed by atoms with Gasteiger partial charge in [-0.2, -0.15) is 0 Å². The van der Waals surface area contributed by atoms with Crippen LogP contribution in [0.15, 0.2) is 11.6 Å².